The molecule has 2 rings (SSSR count). The third kappa shape index (κ3) is 2.40. The summed E-state index contributed by atoms with van der Waals surface area (Å²) < 4.78 is 0. The van der Waals surface area contributed by atoms with Crippen LogP contribution in [0.4, 0.5) is 0 Å². The van der Waals surface area contributed by atoms with Gasteiger partial charge in [-0.15, -0.1) is 0 Å². The van der Waals surface area contributed by atoms with Crippen LogP contribution in [0.25, 0.3) is 0 Å². The molecule has 2 heterocycles. The average Bonchev–Trinajstić information content (AvgIpc) is 2.79. The van der Waals surface area contributed by atoms with Crippen molar-refractivity contribution in [2.24, 2.45) is 0 Å². The first-order chi connectivity index (χ1) is 8.53. The number of carboxylic acids is 1. The van der Waals surface area contributed by atoms with Crippen LogP contribution in [-0.2, 0) is 4.79 Å². The summed E-state index contributed by atoms with van der Waals surface area (Å²) in [4.78, 5) is 36.4. The molecule has 1 unspecified atom stereocenters. The van der Waals surface area contributed by atoms with E-state index < -0.39 is 17.4 Å². The Balaban J connectivity index is 2.17. The highest BCUT2D eigenvalue weighted by Crippen LogP contribution is 2.28. The summed E-state index contributed by atoms with van der Waals surface area (Å²) in [6.07, 6.45) is 1.68. The van der Waals surface area contributed by atoms with Gasteiger partial charge in [-0.3, -0.25) is 9.59 Å². The summed E-state index contributed by atoms with van der Waals surface area (Å²) in [6.45, 7) is 0. The smallest absolute Gasteiger partial charge is 0.330 e. The van der Waals surface area contributed by atoms with E-state index in [4.69, 9.17) is 0 Å². The van der Waals surface area contributed by atoms with Gasteiger partial charge in [0.2, 0.25) is 5.56 Å². The minimum absolute atomic E-state index is 0.243. The summed E-state index contributed by atoms with van der Waals surface area (Å²) in [5.41, 5.74) is -1.26. The first-order valence-corrected chi connectivity index (χ1v) is 6.51. The predicted molar refractivity (Wildman–Crippen MR) is 66.8 cm³/mol. The molecule has 0 aromatic carbocycles. The van der Waals surface area contributed by atoms with Gasteiger partial charge in [0.25, 0.3) is 5.91 Å². The summed E-state index contributed by atoms with van der Waals surface area (Å²) in [5.74, 6) is -0.447. The molecule has 3 N–H and O–H groups in total. The maximum Gasteiger partial charge on any atom is 0.330 e. The molecule has 1 amide bonds. The fraction of sp³-hybridized carbons (Fsp3) is 0.364. The Bertz CT molecular complexity index is 514. The van der Waals surface area contributed by atoms with Crippen molar-refractivity contribution in [1.29, 1.82) is 0 Å². The van der Waals surface area contributed by atoms with Gasteiger partial charge < -0.3 is 15.4 Å². The van der Waals surface area contributed by atoms with Crippen molar-refractivity contribution >= 4 is 23.6 Å². The Labute approximate surface area is 107 Å². The number of H-pyrrole nitrogens is 1. The molecule has 18 heavy (non-hydrogen) atoms. The van der Waals surface area contributed by atoms with E-state index in [1.807, 2.05) is 0 Å². The SMILES string of the molecule is O=C(NC1(C(=O)O)CCSC1)c1ccc(=O)[nH]c1. The van der Waals surface area contributed by atoms with Crippen molar-refractivity contribution in [3.8, 4) is 0 Å². The largest absolute Gasteiger partial charge is 0.479 e. The topological polar surface area (TPSA) is 99.3 Å². The maximum atomic E-state index is 11.9. The lowest BCUT2D eigenvalue weighted by atomic mass is 9.98. The van der Waals surface area contributed by atoms with Gasteiger partial charge in [0.15, 0.2) is 0 Å². The van der Waals surface area contributed by atoms with E-state index >= 15 is 0 Å². The molecular formula is C11H12N2O4S. The molecule has 1 aromatic heterocycles. The number of carbonyl (C=O) groups excluding carboxylic acids is 1. The fourth-order valence-corrected chi connectivity index (χ4v) is 3.05. The second-order valence-corrected chi connectivity index (χ2v) is 5.19. The summed E-state index contributed by atoms with van der Waals surface area (Å²) in [7, 11) is 0. The van der Waals surface area contributed by atoms with Gasteiger partial charge in [0.05, 0.1) is 5.56 Å². The summed E-state index contributed by atoms with van der Waals surface area (Å²) in [6, 6.07) is 2.59. The standard InChI is InChI=1S/C11H12N2O4S/c14-8-2-1-7(5-12-8)9(15)13-11(10(16)17)3-4-18-6-11/h1-2,5H,3-4,6H2,(H,12,14)(H,13,15)(H,16,17). The molecule has 7 heteroatoms. The quantitative estimate of drug-likeness (QED) is 0.720. The third-order valence-electron chi connectivity index (χ3n) is 2.83. The highest BCUT2D eigenvalue weighted by Gasteiger charge is 2.43. The monoisotopic (exact) mass is 268 g/mol. The highest BCUT2D eigenvalue weighted by molar-refractivity contribution is 7.99. The predicted octanol–water partition coefficient (Wildman–Crippen LogP) is 0.0650. The van der Waals surface area contributed by atoms with Crippen LogP contribution < -0.4 is 10.9 Å². The van der Waals surface area contributed by atoms with E-state index in [1.165, 1.54) is 30.1 Å². The van der Waals surface area contributed by atoms with Crippen LogP contribution in [0.1, 0.15) is 16.8 Å². The molecule has 0 saturated carbocycles. The number of thioether (sulfide) groups is 1. The van der Waals surface area contributed by atoms with Crippen LogP contribution in [0.15, 0.2) is 23.1 Å². The number of aliphatic carboxylic acids is 1. The zero-order valence-corrected chi connectivity index (χ0v) is 10.3. The van der Waals surface area contributed by atoms with Crippen molar-refractivity contribution in [2.75, 3.05) is 11.5 Å². The number of hydrogen-bond acceptors (Lipinski definition) is 4. The molecule has 1 aliphatic heterocycles. The molecular weight excluding hydrogens is 256 g/mol. The molecule has 1 saturated heterocycles. The minimum atomic E-state index is -1.20. The van der Waals surface area contributed by atoms with Crippen molar-refractivity contribution in [3.05, 3.63) is 34.2 Å². The van der Waals surface area contributed by atoms with Crippen LogP contribution in [0.5, 0.6) is 0 Å². The van der Waals surface area contributed by atoms with E-state index in [-0.39, 0.29) is 11.1 Å². The molecule has 1 atom stereocenters. The van der Waals surface area contributed by atoms with Crippen LogP contribution in [0.3, 0.4) is 0 Å². The van der Waals surface area contributed by atoms with Gasteiger partial charge in [-0.05, 0) is 18.2 Å². The Hall–Kier alpha value is -1.76. The van der Waals surface area contributed by atoms with E-state index in [0.29, 0.717) is 17.9 Å². The number of pyridine rings is 1. The van der Waals surface area contributed by atoms with Crippen molar-refractivity contribution in [3.63, 3.8) is 0 Å². The molecule has 6 nitrogen and oxygen atoms in total. The van der Waals surface area contributed by atoms with Crippen molar-refractivity contribution < 1.29 is 14.7 Å². The number of nitrogens with one attached hydrogen (secondary N) is 2. The lowest BCUT2D eigenvalue weighted by molar-refractivity contribution is -0.143. The maximum absolute atomic E-state index is 11.9. The zero-order valence-electron chi connectivity index (χ0n) is 9.43. The van der Waals surface area contributed by atoms with Gasteiger partial charge in [-0.2, -0.15) is 11.8 Å². The van der Waals surface area contributed by atoms with Gasteiger partial charge in [-0.1, -0.05) is 0 Å². The molecule has 1 aromatic rings. The number of amides is 1. The number of aromatic nitrogens is 1. The average molecular weight is 268 g/mol. The number of rotatable bonds is 3. The van der Waals surface area contributed by atoms with Crippen LogP contribution in [0, 0.1) is 0 Å². The van der Waals surface area contributed by atoms with Crippen LogP contribution >= 0.6 is 11.8 Å². The first-order valence-electron chi connectivity index (χ1n) is 5.36. The first kappa shape index (κ1) is 12.7. The van der Waals surface area contributed by atoms with Crippen molar-refractivity contribution in [1.82, 2.24) is 10.3 Å². The summed E-state index contributed by atoms with van der Waals surface area (Å²) in [5, 5.41) is 11.8. The van der Waals surface area contributed by atoms with Crippen molar-refractivity contribution in [2.45, 2.75) is 12.0 Å². The number of carbonyl (C=O) groups is 2. The highest BCUT2D eigenvalue weighted by atomic mass is 32.2. The fourth-order valence-electron chi connectivity index (χ4n) is 1.73. The van der Waals surface area contributed by atoms with Gasteiger partial charge in [0.1, 0.15) is 5.54 Å². The van der Waals surface area contributed by atoms with Gasteiger partial charge in [0, 0.05) is 18.0 Å². The lowest BCUT2D eigenvalue weighted by Gasteiger charge is -2.24. The Morgan fingerprint density at radius 1 is 1.44 bits per heavy atom. The normalized spacial score (nSPS) is 22.7. The molecule has 0 radical (unpaired) electrons. The number of carboxylic acid groups (broad SMARTS) is 1. The lowest BCUT2D eigenvalue weighted by Crippen LogP contribution is -2.54. The molecule has 0 aliphatic carbocycles. The van der Waals surface area contributed by atoms with E-state index in [0.717, 1.165) is 0 Å². The molecule has 1 fully saturated rings. The van der Waals surface area contributed by atoms with Crippen LogP contribution in [0.2, 0.25) is 0 Å². The second kappa shape index (κ2) is 4.85. The third-order valence-corrected chi connectivity index (χ3v) is 4.02. The molecule has 96 valence electrons. The van der Waals surface area contributed by atoms with Crippen LogP contribution in [-0.4, -0.2) is 39.0 Å². The molecule has 0 bridgehead atoms. The second-order valence-electron chi connectivity index (χ2n) is 4.09. The van der Waals surface area contributed by atoms with Gasteiger partial charge in [-0.25, -0.2) is 4.79 Å². The van der Waals surface area contributed by atoms with E-state index in [1.54, 1.807) is 0 Å². The molecule has 0 spiro atoms. The minimum Gasteiger partial charge on any atom is -0.479 e. The number of aromatic amines is 1. The van der Waals surface area contributed by atoms with Gasteiger partial charge >= 0.3 is 5.97 Å². The Kier molecular flexibility index (Phi) is 3.42. The molecule has 1 aliphatic rings. The Morgan fingerprint density at radius 3 is 2.72 bits per heavy atom. The number of hydrogen-bond donors (Lipinski definition) is 3. The summed E-state index contributed by atoms with van der Waals surface area (Å²) >= 11 is 1.50. The Morgan fingerprint density at radius 2 is 2.22 bits per heavy atom. The van der Waals surface area contributed by atoms with E-state index in [9.17, 15) is 19.5 Å². The zero-order chi connectivity index (χ0) is 13.2. The van der Waals surface area contributed by atoms with E-state index in [2.05, 4.69) is 10.3 Å².